The fourth-order valence-corrected chi connectivity index (χ4v) is 3.48. The van der Waals surface area contributed by atoms with Gasteiger partial charge in [-0.2, -0.15) is 10.2 Å². The van der Waals surface area contributed by atoms with Crippen LogP contribution in [0, 0.1) is 5.92 Å². The second-order valence-electron chi connectivity index (χ2n) is 6.10. The van der Waals surface area contributed by atoms with Gasteiger partial charge >= 0.3 is 0 Å². The van der Waals surface area contributed by atoms with Crippen LogP contribution in [0.15, 0.2) is 40.6 Å². The van der Waals surface area contributed by atoms with Crippen LogP contribution in [0.5, 0.6) is 0 Å². The second kappa shape index (κ2) is 7.31. The Balaban J connectivity index is 2.25. The fraction of sp³-hybridized carbons (Fsp3) is 0.647. The van der Waals surface area contributed by atoms with E-state index in [2.05, 4.69) is 34.2 Å². The number of likely N-dealkylation sites (tertiary alicyclic amines) is 1. The summed E-state index contributed by atoms with van der Waals surface area (Å²) < 4.78 is 5.39. The molecule has 5 nitrogen and oxygen atoms in total. The first kappa shape index (κ1) is 17.1. The normalized spacial score (nSPS) is 27.1. The molecule has 122 valence electrons. The van der Waals surface area contributed by atoms with E-state index in [4.69, 9.17) is 4.74 Å². The molecule has 1 heterocycles. The Morgan fingerprint density at radius 2 is 2.09 bits per heavy atom. The van der Waals surface area contributed by atoms with E-state index in [0.717, 1.165) is 13.0 Å². The first-order valence-electron chi connectivity index (χ1n) is 7.85. The molecule has 1 saturated heterocycles. The molecule has 0 bridgehead atoms. The smallest absolute Gasteiger partial charge is 0.178 e. The van der Waals surface area contributed by atoms with Crippen LogP contribution in [0.4, 0.5) is 0 Å². The van der Waals surface area contributed by atoms with Gasteiger partial charge in [0.15, 0.2) is 5.79 Å². The second-order valence-corrected chi connectivity index (χ2v) is 6.10. The fourth-order valence-electron chi connectivity index (χ4n) is 3.48. The predicted octanol–water partition coefficient (Wildman–Crippen LogP) is 2.88. The van der Waals surface area contributed by atoms with Crippen LogP contribution in [-0.2, 0) is 4.74 Å². The molecular formula is C17H27N3O2. The SMILES string of the molecule is CN=NCC1CCN(C(C)c2ccccc2)C1C(C)(O)OC. The molecule has 1 aliphatic heterocycles. The third kappa shape index (κ3) is 3.54. The Morgan fingerprint density at radius 3 is 2.68 bits per heavy atom. The van der Waals surface area contributed by atoms with E-state index in [-0.39, 0.29) is 18.0 Å². The molecule has 4 unspecified atom stereocenters. The zero-order chi connectivity index (χ0) is 16.2. The summed E-state index contributed by atoms with van der Waals surface area (Å²) in [5, 5.41) is 18.7. The Bertz CT molecular complexity index is 490. The predicted molar refractivity (Wildman–Crippen MR) is 86.7 cm³/mol. The number of nitrogens with zero attached hydrogens (tertiary/aromatic N) is 3. The highest BCUT2D eigenvalue weighted by Gasteiger charge is 2.47. The summed E-state index contributed by atoms with van der Waals surface area (Å²) in [6, 6.07) is 10.5. The van der Waals surface area contributed by atoms with Crippen molar-refractivity contribution in [1.82, 2.24) is 4.90 Å². The van der Waals surface area contributed by atoms with E-state index in [1.165, 1.54) is 5.56 Å². The molecule has 2 rings (SSSR count). The minimum absolute atomic E-state index is 0.0989. The van der Waals surface area contributed by atoms with Crippen molar-refractivity contribution in [3.05, 3.63) is 35.9 Å². The van der Waals surface area contributed by atoms with E-state index in [1.807, 2.05) is 18.2 Å². The van der Waals surface area contributed by atoms with Crippen LogP contribution in [-0.4, -0.2) is 49.1 Å². The summed E-state index contributed by atoms with van der Waals surface area (Å²) in [4.78, 5) is 2.33. The van der Waals surface area contributed by atoms with Gasteiger partial charge in [-0.25, -0.2) is 0 Å². The Hall–Kier alpha value is -1.30. The maximum Gasteiger partial charge on any atom is 0.178 e. The number of rotatable bonds is 6. The lowest BCUT2D eigenvalue weighted by Crippen LogP contribution is -2.53. The molecule has 0 spiro atoms. The zero-order valence-corrected chi connectivity index (χ0v) is 13.9. The number of hydrogen-bond donors (Lipinski definition) is 1. The number of methoxy groups -OCH3 is 1. The lowest BCUT2D eigenvalue weighted by Gasteiger charge is -2.40. The quantitative estimate of drug-likeness (QED) is 0.649. The molecular weight excluding hydrogens is 278 g/mol. The van der Waals surface area contributed by atoms with Gasteiger partial charge in [-0.3, -0.25) is 4.90 Å². The molecule has 1 aromatic carbocycles. The molecule has 1 N–H and O–H groups in total. The maximum atomic E-state index is 10.7. The molecule has 22 heavy (non-hydrogen) atoms. The highest BCUT2D eigenvalue weighted by Crippen LogP contribution is 2.38. The zero-order valence-electron chi connectivity index (χ0n) is 13.9. The molecule has 1 aromatic rings. The van der Waals surface area contributed by atoms with Gasteiger partial charge < -0.3 is 9.84 Å². The van der Waals surface area contributed by atoms with Crippen LogP contribution >= 0.6 is 0 Å². The van der Waals surface area contributed by atoms with Crippen molar-refractivity contribution in [2.75, 3.05) is 27.2 Å². The minimum atomic E-state index is -1.20. The van der Waals surface area contributed by atoms with Crippen molar-refractivity contribution in [1.29, 1.82) is 0 Å². The van der Waals surface area contributed by atoms with Crippen molar-refractivity contribution in [2.45, 2.75) is 38.1 Å². The van der Waals surface area contributed by atoms with Crippen LogP contribution in [0.3, 0.4) is 0 Å². The molecule has 1 fully saturated rings. The Labute approximate surface area is 133 Å². The Morgan fingerprint density at radius 1 is 1.41 bits per heavy atom. The van der Waals surface area contributed by atoms with Crippen molar-refractivity contribution in [3.8, 4) is 0 Å². The molecule has 0 aromatic heterocycles. The highest BCUT2D eigenvalue weighted by atomic mass is 16.6. The number of azo groups is 1. The molecule has 4 atom stereocenters. The van der Waals surface area contributed by atoms with E-state index in [9.17, 15) is 5.11 Å². The Kier molecular flexibility index (Phi) is 5.67. The monoisotopic (exact) mass is 305 g/mol. The summed E-state index contributed by atoms with van der Waals surface area (Å²) in [5.41, 5.74) is 1.25. The van der Waals surface area contributed by atoms with Gasteiger partial charge in [0.1, 0.15) is 0 Å². The van der Waals surface area contributed by atoms with Crippen LogP contribution in [0.2, 0.25) is 0 Å². The van der Waals surface area contributed by atoms with E-state index in [0.29, 0.717) is 6.54 Å². The van der Waals surface area contributed by atoms with Gasteiger partial charge in [-0.1, -0.05) is 30.3 Å². The van der Waals surface area contributed by atoms with Crippen molar-refractivity contribution >= 4 is 0 Å². The van der Waals surface area contributed by atoms with Gasteiger partial charge in [0, 0.05) is 26.1 Å². The van der Waals surface area contributed by atoms with Crippen LogP contribution in [0.25, 0.3) is 0 Å². The van der Waals surface area contributed by atoms with Gasteiger partial charge in [-0.05, 0) is 32.4 Å². The summed E-state index contributed by atoms with van der Waals surface area (Å²) in [5.74, 6) is -0.960. The molecule has 5 heteroatoms. The number of benzene rings is 1. The largest absolute Gasteiger partial charge is 0.364 e. The van der Waals surface area contributed by atoms with Crippen molar-refractivity contribution < 1.29 is 9.84 Å². The molecule has 0 radical (unpaired) electrons. The van der Waals surface area contributed by atoms with Crippen LogP contribution in [0.1, 0.15) is 31.9 Å². The lowest BCUT2D eigenvalue weighted by atomic mass is 9.92. The molecule has 1 aliphatic rings. The third-order valence-corrected chi connectivity index (χ3v) is 4.76. The summed E-state index contributed by atoms with van der Waals surface area (Å²) in [6.45, 7) is 5.46. The van der Waals surface area contributed by atoms with E-state index < -0.39 is 5.79 Å². The lowest BCUT2D eigenvalue weighted by molar-refractivity contribution is -0.218. The number of ether oxygens (including phenoxy) is 1. The number of aliphatic hydroxyl groups is 1. The first-order chi connectivity index (χ1) is 10.5. The number of hydrogen-bond acceptors (Lipinski definition) is 5. The summed E-state index contributed by atoms with van der Waals surface area (Å²) in [6.07, 6.45) is 0.986. The van der Waals surface area contributed by atoms with E-state index >= 15 is 0 Å². The molecule has 0 saturated carbocycles. The molecule has 0 aliphatic carbocycles. The van der Waals surface area contributed by atoms with Crippen molar-refractivity contribution in [2.24, 2.45) is 16.1 Å². The van der Waals surface area contributed by atoms with Gasteiger partial charge in [0.05, 0.1) is 12.6 Å². The standard InChI is InChI=1S/C17H27N3O2/c1-13(14-8-6-5-7-9-14)20-11-10-15(12-19-18-3)16(20)17(2,21)22-4/h5-9,13,15-16,21H,10-12H2,1-4H3. The van der Waals surface area contributed by atoms with Gasteiger partial charge in [-0.15, -0.1) is 0 Å². The van der Waals surface area contributed by atoms with Gasteiger partial charge in [0.2, 0.25) is 0 Å². The highest BCUT2D eigenvalue weighted by molar-refractivity contribution is 5.19. The first-order valence-corrected chi connectivity index (χ1v) is 7.85. The van der Waals surface area contributed by atoms with Crippen molar-refractivity contribution in [3.63, 3.8) is 0 Å². The third-order valence-electron chi connectivity index (χ3n) is 4.76. The average Bonchev–Trinajstić information content (AvgIpc) is 2.97. The maximum absolute atomic E-state index is 10.7. The van der Waals surface area contributed by atoms with E-state index in [1.54, 1.807) is 21.1 Å². The van der Waals surface area contributed by atoms with Crippen LogP contribution < -0.4 is 0 Å². The summed E-state index contributed by atoms with van der Waals surface area (Å²) in [7, 11) is 3.24. The van der Waals surface area contributed by atoms with Gasteiger partial charge in [0.25, 0.3) is 0 Å². The average molecular weight is 305 g/mol. The topological polar surface area (TPSA) is 57.4 Å². The molecule has 0 amide bonds. The minimum Gasteiger partial charge on any atom is -0.364 e. The summed E-state index contributed by atoms with van der Waals surface area (Å²) >= 11 is 0.